The summed E-state index contributed by atoms with van der Waals surface area (Å²) in [6.07, 6.45) is 0. The number of methoxy groups -OCH3 is 1. The molecule has 6 heteroatoms. The highest BCUT2D eigenvalue weighted by Crippen LogP contribution is 2.31. The molecule has 0 radical (unpaired) electrons. The van der Waals surface area contributed by atoms with Crippen molar-refractivity contribution >= 4 is 40.6 Å². The second-order valence-corrected chi connectivity index (χ2v) is 6.85. The molecular formula is C22H22Cl2N2O2. The Morgan fingerprint density at radius 1 is 0.964 bits per heavy atom. The third-order valence-electron chi connectivity index (χ3n) is 4.59. The Morgan fingerprint density at radius 2 is 1.75 bits per heavy atom. The molecule has 0 atom stereocenters. The molecule has 1 N–H and O–H groups in total. The summed E-state index contributed by atoms with van der Waals surface area (Å²) in [4.78, 5) is 4.57. The van der Waals surface area contributed by atoms with E-state index in [0.717, 1.165) is 57.2 Å². The summed E-state index contributed by atoms with van der Waals surface area (Å²) in [5, 5.41) is 6.36. The van der Waals surface area contributed by atoms with Crippen LogP contribution in [0.1, 0.15) is 5.56 Å². The van der Waals surface area contributed by atoms with Crippen molar-refractivity contribution in [1.29, 1.82) is 0 Å². The van der Waals surface area contributed by atoms with Gasteiger partial charge in [-0.3, -0.25) is 4.99 Å². The summed E-state index contributed by atoms with van der Waals surface area (Å²) in [6.45, 7) is 2.70. The second-order valence-electron chi connectivity index (χ2n) is 6.42. The van der Waals surface area contributed by atoms with Gasteiger partial charge in [-0.05, 0) is 52.2 Å². The van der Waals surface area contributed by atoms with Crippen LogP contribution in [0, 0.1) is 0 Å². The standard InChI is InChI=1S/C22H21ClN2O2.ClH/c1-26-10-11-27-21-14-17-3-2-16(15-4-6-19(23)7-5-15)12-18(17)13-20(21)22-24-8-9-25-22;/h2-7,12-14H,8-11H2,1H3,(H,24,25);1H. The third kappa shape index (κ3) is 4.41. The van der Waals surface area contributed by atoms with Crippen LogP contribution in [0.3, 0.4) is 0 Å². The number of hydrogen-bond acceptors (Lipinski definition) is 4. The third-order valence-corrected chi connectivity index (χ3v) is 4.84. The average Bonchev–Trinajstić information content (AvgIpc) is 3.22. The van der Waals surface area contributed by atoms with Crippen molar-refractivity contribution in [1.82, 2.24) is 5.32 Å². The van der Waals surface area contributed by atoms with Gasteiger partial charge in [0.25, 0.3) is 0 Å². The summed E-state index contributed by atoms with van der Waals surface area (Å²) < 4.78 is 11.1. The first-order valence-corrected chi connectivity index (χ1v) is 9.36. The molecule has 0 spiro atoms. The number of benzene rings is 3. The lowest BCUT2D eigenvalue weighted by Crippen LogP contribution is -2.20. The molecule has 3 aromatic carbocycles. The molecule has 146 valence electrons. The molecule has 0 saturated carbocycles. The minimum atomic E-state index is 0. The fraction of sp³-hybridized carbons (Fsp3) is 0.227. The van der Waals surface area contributed by atoms with Crippen LogP contribution in [-0.4, -0.2) is 39.2 Å². The molecule has 0 saturated heterocycles. The summed E-state index contributed by atoms with van der Waals surface area (Å²) in [6, 6.07) is 18.6. The predicted molar refractivity (Wildman–Crippen MR) is 118 cm³/mol. The Kier molecular flexibility index (Phi) is 6.79. The Labute approximate surface area is 175 Å². The molecule has 0 aliphatic carbocycles. The molecule has 0 bridgehead atoms. The minimum Gasteiger partial charge on any atom is -0.490 e. The Hall–Kier alpha value is -2.27. The van der Waals surface area contributed by atoms with Crippen molar-refractivity contribution in [3.05, 3.63) is 65.2 Å². The number of amidine groups is 1. The van der Waals surface area contributed by atoms with Gasteiger partial charge in [0.1, 0.15) is 18.2 Å². The zero-order chi connectivity index (χ0) is 18.6. The topological polar surface area (TPSA) is 42.9 Å². The Balaban J connectivity index is 0.00000225. The number of ether oxygens (including phenoxy) is 2. The molecular weight excluding hydrogens is 395 g/mol. The molecule has 1 aliphatic heterocycles. The maximum Gasteiger partial charge on any atom is 0.132 e. The van der Waals surface area contributed by atoms with Crippen LogP contribution in [0.25, 0.3) is 21.9 Å². The average molecular weight is 417 g/mol. The van der Waals surface area contributed by atoms with Gasteiger partial charge in [0, 0.05) is 18.7 Å². The zero-order valence-electron chi connectivity index (χ0n) is 15.6. The number of fused-ring (bicyclic) bond motifs is 1. The lowest BCUT2D eigenvalue weighted by atomic mass is 9.99. The van der Waals surface area contributed by atoms with Crippen molar-refractivity contribution in [3.8, 4) is 16.9 Å². The molecule has 0 fully saturated rings. The zero-order valence-corrected chi connectivity index (χ0v) is 17.1. The molecule has 0 aromatic heterocycles. The maximum atomic E-state index is 6.01. The van der Waals surface area contributed by atoms with Crippen LogP contribution in [0.5, 0.6) is 5.75 Å². The molecule has 4 nitrogen and oxygen atoms in total. The van der Waals surface area contributed by atoms with Gasteiger partial charge in [-0.2, -0.15) is 0 Å². The van der Waals surface area contributed by atoms with Gasteiger partial charge in [-0.25, -0.2) is 0 Å². The van der Waals surface area contributed by atoms with Crippen LogP contribution < -0.4 is 10.1 Å². The predicted octanol–water partition coefficient (Wildman–Crippen LogP) is 4.96. The van der Waals surface area contributed by atoms with Crippen molar-refractivity contribution in [3.63, 3.8) is 0 Å². The number of halogens is 2. The van der Waals surface area contributed by atoms with Gasteiger partial charge in [0.15, 0.2) is 0 Å². The summed E-state index contributed by atoms with van der Waals surface area (Å²) >= 11 is 6.01. The molecule has 0 unspecified atom stereocenters. The maximum absolute atomic E-state index is 6.01. The molecule has 28 heavy (non-hydrogen) atoms. The fourth-order valence-corrected chi connectivity index (χ4v) is 3.34. The lowest BCUT2D eigenvalue weighted by Gasteiger charge is -2.14. The SMILES string of the molecule is COCCOc1cc2ccc(-c3ccc(Cl)cc3)cc2cc1C1=NCCN1.Cl. The van der Waals surface area contributed by atoms with E-state index in [9.17, 15) is 0 Å². The van der Waals surface area contributed by atoms with Gasteiger partial charge in [0.05, 0.1) is 18.7 Å². The fourth-order valence-electron chi connectivity index (χ4n) is 3.22. The first kappa shape index (κ1) is 20.5. The molecule has 3 aromatic rings. The van der Waals surface area contributed by atoms with Gasteiger partial charge >= 0.3 is 0 Å². The van der Waals surface area contributed by atoms with E-state index in [1.807, 2.05) is 24.3 Å². The number of rotatable bonds is 6. The lowest BCUT2D eigenvalue weighted by molar-refractivity contribution is 0.146. The second kappa shape index (κ2) is 9.28. The van der Waals surface area contributed by atoms with Gasteiger partial charge in [0.2, 0.25) is 0 Å². The quantitative estimate of drug-likeness (QED) is 0.577. The molecule has 1 heterocycles. The van der Waals surface area contributed by atoms with E-state index in [1.54, 1.807) is 7.11 Å². The minimum absolute atomic E-state index is 0. The largest absolute Gasteiger partial charge is 0.490 e. The molecule has 4 rings (SSSR count). The molecule has 1 aliphatic rings. The van der Waals surface area contributed by atoms with E-state index in [2.05, 4.69) is 40.6 Å². The normalized spacial score (nSPS) is 13.0. The monoisotopic (exact) mass is 416 g/mol. The highest BCUT2D eigenvalue weighted by atomic mass is 35.5. The van der Waals surface area contributed by atoms with Gasteiger partial charge in [-0.1, -0.05) is 35.9 Å². The summed E-state index contributed by atoms with van der Waals surface area (Å²) in [5.74, 6) is 1.72. The van der Waals surface area contributed by atoms with E-state index in [0.29, 0.717) is 13.2 Å². The highest BCUT2D eigenvalue weighted by Gasteiger charge is 2.15. The van der Waals surface area contributed by atoms with E-state index in [4.69, 9.17) is 21.1 Å². The van der Waals surface area contributed by atoms with E-state index < -0.39 is 0 Å². The van der Waals surface area contributed by atoms with Crippen molar-refractivity contribution < 1.29 is 9.47 Å². The van der Waals surface area contributed by atoms with E-state index in [-0.39, 0.29) is 12.4 Å². The Bertz CT molecular complexity index is 988. The number of nitrogens with zero attached hydrogens (tertiary/aromatic N) is 1. The van der Waals surface area contributed by atoms with Gasteiger partial charge < -0.3 is 14.8 Å². The first-order valence-electron chi connectivity index (χ1n) is 8.99. The van der Waals surface area contributed by atoms with Crippen molar-refractivity contribution in [2.24, 2.45) is 4.99 Å². The molecule has 0 amide bonds. The smallest absolute Gasteiger partial charge is 0.132 e. The van der Waals surface area contributed by atoms with Crippen LogP contribution in [0.4, 0.5) is 0 Å². The van der Waals surface area contributed by atoms with Crippen LogP contribution in [-0.2, 0) is 4.74 Å². The van der Waals surface area contributed by atoms with Crippen LogP contribution >= 0.6 is 24.0 Å². The van der Waals surface area contributed by atoms with Crippen LogP contribution in [0.2, 0.25) is 5.02 Å². The highest BCUT2D eigenvalue weighted by molar-refractivity contribution is 6.30. The first-order chi connectivity index (χ1) is 13.2. The van der Waals surface area contributed by atoms with Crippen LogP contribution in [0.15, 0.2) is 59.6 Å². The number of hydrogen-bond donors (Lipinski definition) is 1. The number of nitrogens with one attached hydrogen (secondary N) is 1. The van der Waals surface area contributed by atoms with Crippen molar-refractivity contribution in [2.45, 2.75) is 0 Å². The summed E-state index contributed by atoms with van der Waals surface area (Å²) in [5.41, 5.74) is 3.28. The number of aliphatic imine (C=N–C) groups is 1. The summed E-state index contributed by atoms with van der Waals surface area (Å²) in [7, 11) is 1.67. The van der Waals surface area contributed by atoms with E-state index >= 15 is 0 Å². The van der Waals surface area contributed by atoms with Gasteiger partial charge in [-0.15, -0.1) is 12.4 Å². The Morgan fingerprint density at radius 3 is 2.46 bits per heavy atom. The van der Waals surface area contributed by atoms with E-state index in [1.165, 1.54) is 0 Å². The van der Waals surface area contributed by atoms with Crippen molar-refractivity contribution in [2.75, 3.05) is 33.4 Å².